The molecule has 1 N–H and O–H groups in total. The van der Waals surface area contributed by atoms with Crippen LogP contribution in [0.25, 0.3) is 11.1 Å². The lowest BCUT2D eigenvalue weighted by molar-refractivity contribution is 0.485. The van der Waals surface area contributed by atoms with Crippen molar-refractivity contribution in [1.29, 1.82) is 0 Å². The molecular formula is C16H24N2O2. The second-order valence-corrected chi connectivity index (χ2v) is 5.26. The van der Waals surface area contributed by atoms with E-state index < -0.39 is 0 Å². The first-order chi connectivity index (χ1) is 9.67. The minimum absolute atomic E-state index is 0.303. The number of rotatable bonds is 7. The molecule has 110 valence electrons. The summed E-state index contributed by atoms with van der Waals surface area (Å²) >= 11 is 0. The molecule has 2 aromatic rings. The molecule has 1 unspecified atom stereocenters. The van der Waals surface area contributed by atoms with E-state index in [1.54, 1.807) is 11.6 Å². The molecule has 2 rings (SSSR count). The van der Waals surface area contributed by atoms with Gasteiger partial charge in [-0.3, -0.25) is 4.57 Å². The Bertz CT molecular complexity index is 612. The highest BCUT2D eigenvalue weighted by molar-refractivity contribution is 5.73. The Morgan fingerprint density at radius 3 is 2.80 bits per heavy atom. The molecule has 0 spiro atoms. The average molecular weight is 276 g/mol. The van der Waals surface area contributed by atoms with Gasteiger partial charge in [0.15, 0.2) is 5.58 Å². The number of unbranched alkanes of at least 4 members (excludes halogenated alkanes) is 2. The molecule has 4 nitrogen and oxygen atoms in total. The summed E-state index contributed by atoms with van der Waals surface area (Å²) < 4.78 is 6.81. The normalized spacial score (nSPS) is 12.9. The third-order valence-corrected chi connectivity index (χ3v) is 3.77. The highest BCUT2D eigenvalue weighted by Crippen LogP contribution is 2.23. The van der Waals surface area contributed by atoms with Crippen molar-refractivity contribution in [2.45, 2.75) is 45.6 Å². The van der Waals surface area contributed by atoms with Crippen molar-refractivity contribution in [3.8, 4) is 0 Å². The highest BCUT2D eigenvalue weighted by Gasteiger charge is 2.13. The summed E-state index contributed by atoms with van der Waals surface area (Å²) in [5.41, 5.74) is 2.72. The molecule has 1 heterocycles. The zero-order chi connectivity index (χ0) is 14.5. The summed E-state index contributed by atoms with van der Waals surface area (Å²) in [4.78, 5) is 11.5. The molecule has 1 atom stereocenters. The minimum atomic E-state index is -0.303. The number of oxazole rings is 1. The van der Waals surface area contributed by atoms with Crippen molar-refractivity contribution in [1.82, 2.24) is 9.88 Å². The van der Waals surface area contributed by atoms with Crippen molar-refractivity contribution < 1.29 is 4.42 Å². The molecule has 0 aliphatic rings. The lowest BCUT2D eigenvalue weighted by atomic mass is 10.00. The average Bonchev–Trinajstić information content (AvgIpc) is 2.73. The maximum Gasteiger partial charge on any atom is 0.419 e. The number of fused-ring (bicyclic) bond motifs is 1. The molecule has 0 fully saturated rings. The second-order valence-electron chi connectivity index (χ2n) is 5.26. The van der Waals surface area contributed by atoms with Gasteiger partial charge >= 0.3 is 5.76 Å². The third kappa shape index (κ3) is 3.12. The van der Waals surface area contributed by atoms with Crippen LogP contribution in [-0.2, 0) is 7.05 Å². The van der Waals surface area contributed by atoms with Gasteiger partial charge in [-0.25, -0.2) is 4.79 Å². The van der Waals surface area contributed by atoms with Gasteiger partial charge in [-0.05, 0) is 30.7 Å². The van der Waals surface area contributed by atoms with Crippen LogP contribution in [0.15, 0.2) is 27.4 Å². The highest BCUT2D eigenvalue weighted by atomic mass is 16.4. The summed E-state index contributed by atoms with van der Waals surface area (Å²) in [6, 6.07) is 6.40. The monoisotopic (exact) mass is 276 g/mol. The van der Waals surface area contributed by atoms with Gasteiger partial charge in [0.1, 0.15) is 0 Å². The van der Waals surface area contributed by atoms with Gasteiger partial charge in [0.2, 0.25) is 0 Å². The zero-order valence-corrected chi connectivity index (χ0v) is 12.6. The Hall–Kier alpha value is -1.55. The predicted octanol–water partition coefficient (Wildman–Crippen LogP) is 3.36. The van der Waals surface area contributed by atoms with Crippen LogP contribution in [0.2, 0.25) is 0 Å². The molecule has 0 radical (unpaired) electrons. The van der Waals surface area contributed by atoms with Crippen LogP contribution in [-0.4, -0.2) is 11.1 Å². The summed E-state index contributed by atoms with van der Waals surface area (Å²) in [5.74, 6) is -0.303. The molecule has 20 heavy (non-hydrogen) atoms. The number of hydrogen-bond donors (Lipinski definition) is 1. The van der Waals surface area contributed by atoms with E-state index >= 15 is 0 Å². The zero-order valence-electron chi connectivity index (χ0n) is 12.6. The lowest BCUT2D eigenvalue weighted by Crippen LogP contribution is -2.20. The number of aromatic nitrogens is 1. The fourth-order valence-corrected chi connectivity index (χ4v) is 2.60. The van der Waals surface area contributed by atoms with Gasteiger partial charge in [0.05, 0.1) is 5.52 Å². The van der Waals surface area contributed by atoms with Gasteiger partial charge in [-0.15, -0.1) is 0 Å². The maximum absolute atomic E-state index is 11.5. The molecule has 0 aliphatic heterocycles. The van der Waals surface area contributed by atoms with Crippen molar-refractivity contribution >= 4 is 11.1 Å². The van der Waals surface area contributed by atoms with E-state index in [1.165, 1.54) is 24.8 Å². The summed E-state index contributed by atoms with van der Waals surface area (Å²) in [6.45, 7) is 5.27. The van der Waals surface area contributed by atoms with Crippen LogP contribution in [0.1, 0.15) is 51.1 Å². The molecule has 0 saturated carbocycles. The molecule has 0 bridgehead atoms. The molecular weight excluding hydrogens is 252 g/mol. The van der Waals surface area contributed by atoms with Crippen molar-refractivity contribution in [2.75, 3.05) is 6.54 Å². The number of hydrogen-bond acceptors (Lipinski definition) is 3. The molecule has 1 aromatic carbocycles. The van der Waals surface area contributed by atoms with Crippen molar-refractivity contribution in [3.05, 3.63) is 34.3 Å². The third-order valence-electron chi connectivity index (χ3n) is 3.77. The van der Waals surface area contributed by atoms with Crippen LogP contribution in [0, 0.1) is 0 Å². The Morgan fingerprint density at radius 1 is 1.30 bits per heavy atom. The number of aryl methyl sites for hydroxylation is 1. The fraction of sp³-hybridized carbons (Fsp3) is 0.562. The van der Waals surface area contributed by atoms with Crippen molar-refractivity contribution in [3.63, 3.8) is 0 Å². The van der Waals surface area contributed by atoms with E-state index in [4.69, 9.17) is 4.42 Å². The van der Waals surface area contributed by atoms with E-state index in [-0.39, 0.29) is 5.76 Å². The van der Waals surface area contributed by atoms with Crippen LogP contribution in [0.4, 0.5) is 0 Å². The van der Waals surface area contributed by atoms with E-state index in [2.05, 4.69) is 25.2 Å². The van der Waals surface area contributed by atoms with Crippen LogP contribution in [0.5, 0.6) is 0 Å². The Labute approximate surface area is 119 Å². The standard InChI is InChI=1S/C16H24N2O2/c1-4-6-7-8-13(17-5-2)12-9-10-14-15(11-12)20-16(19)18(14)3/h9-11,13,17H,4-8H2,1-3H3. The quantitative estimate of drug-likeness (QED) is 0.789. The van der Waals surface area contributed by atoms with E-state index in [9.17, 15) is 4.79 Å². The molecule has 0 saturated heterocycles. The maximum atomic E-state index is 11.5. The molecule has 1 aromatic heterocycles. The molecule has 4 heteroatoms. The minimum Gasteiger partial charge on any atom is -0.408 e. The van der Waals surface area contributed by atoms with Gasteiger partial charge in [-0.2, -0.15) is 0 Å². The molecule has 0 aliphatic carbocycles. The second kappa shape index (κ2) is 6.75. The topological polar surface area (TPSA) is 47.2 Å². The van der Waals surface area contributed by atoms with Gasteiger partial charge in [0, 0.05) is 13.1 Å². The SMILES string of the molecule is CCCCCC(NCC)c1ccc2c(c1)oc(=O)n2C. The molecule has 0 amide bonds. The number of nitrogens with one attached hydrogen (secondary N) is 1. The largest absolute Gasteiger partial charge is 0.419 e. The number of nitrogens with zero attached hydrogens (tertiary/aromatic N) is 1. The first-order valence-corrected chi connectivity index (χ1v) is 7.50. The van der Waals surface area contributed by atoms with Crippen LogP contribution < -0.4 is 11.1 Å². The van der Waals surface area contributed by atoms with E-state index in [1.807, 2.05) is 12.1 Å². The van der Waals surface area contributed by atoms with Crippen LogP contribution >= 0.6 is 0 Å². The Morgan fingerprint density at radius 2 is 2.10 bits per heavy atom. The Balaban J connectivity index is 2.25. The van der Waals surface area contributed by atoms with Gasteiger partial charge in [0.25, 0.3) is 0 Å². The number of benzene rings is 1. The Kier molecular flexibility index (Phi) is 5.01. The van der Waals surface area contributed by atoms with E-state index in [0.717, 1.165) is 18.5 Å². The first kappa shape index (κ1) is 14.9. The smallest absolute Gasteiger partial charge is 0.408 e. The van der Waals surface area contributed by atoms with Gasteiger partial charge in [-0.1, -0.05) is 39.2 Å². The summed E-state index contributed by atoms with van der Waals surface area (Å²) in [6.07, 6.45) is 4.81. The predicted molar refractivity (Wildman–Crippen MR) is 82.0 cm³/mol. The fourth-order valence-electron chi connectivity index (χ4n) is 2.60. The van der Waals surface area contributed by atoms with Crippen LogP contribution in [0.3, 0.4) is 0 Å². The van der Waals surface area contributed by atoms with E-state index in [0.29, 0.717) is 11.6 Å². The lowest BCUT2D eigenvalue weighted by Gasteiger charge is -2.18. The first-order valence-electron chi connectivity index (χ1n) is 7.50. The van der Waals surface area contributed by atoms with Gasteiger partial charge < -0.3 is 9.73 Å². The summed E-state index contributed by atoms with van der Waals surface area (Å²) in [5, 5.41) is 3.52. The summed E-state index contributed by atoms with van der Waals surface area (Å²) in [7, 11) is 1.73. The van der Waals surface area contributed by atoms with Crippen molar-refractivity contribution in [2.24, 2.45) is 7.05 Å².